The Morgan fingerprint density at radius 3 is 2.41 bits per heavy atom. The molecule has 0 aliphatic carbocycles. The van der Waals surface area contributed by atoms with Crippen LogP contribution in [-0.2, 0) is 4.79 Å². The first-order valence-electron chi connectivity index (χ1n) is 10.3. The van der Waals surface area contributed by atoms with Gasteiger partial charge in [0.15, 0.2) is 23.0 Å². The van der Waals surface area contributed by atoms with Crippen molar-refractivity contribution in [3.8, 4) is 23.3 Å². The minimum Gasteiger partial charge on any atom is -0.493 e. The molecule has 0 unspecified atom stereocenters. The normalized spacial score (nSPS) is 14.1. The van der Waals surface area contributed by atoms with Crippen molar-refractivity contribution in [1.82, 2.24) is 15.3 Å². The summed E-state index contributed by atoms with van der Waals surface area (Å²) in [6.45, 7) is 2.14. The Balaban J connectivity index is 1.52. The third-order valence-corrected chi connectivity index (χ3v) is 5.38. The molecule has 2 heterocycles. The van der Waals surface area contributed by atoms with Crippen LogP contribution in [0.3, 0.4) is 0 Å². The van der Waals surface area contributed by atoms with Crippen molar-refractivity contribution in [2.24, 2.45) is 5.92 Å². The van der Waals surface area contributed by atoms with E-state index < -0.39 is 0 Å². The molecule has 1 saturated heterocycles. The van der Waals surface area contributed by atoms with Gasteiger partial charge in [-0.15, -0.1) is 0 Å². The lowest BCUT2D eigenvalue weighted by Gasteiger charge is -2.32. The molecule has 32 heavy (non-hydrogen) atoms. The predicted octanol–water partition coefficient (Wildman–Crippen LogP) is 2.42. The van der Waals surface area contributed by atoms with Crippen LogP contribution in [-0.4, -0.2) is 56.8 Å². The fraction of sp³-hybridized carbons (Fsp3) is 0.391. The van der Waals surface area contributed by atoms with E-state index in [1.807, 2.05) is 0 Å². The summed E-state index contributed by atoms with van der Waals surface area (Å²) in [7, 11) is 4.64. The molecule has 0 spiro atoms. The van der Waals surface area contributed by atoms with Crippen LogP contribution < -0.4 is 24.4 Å². The van der Waals surface area contributed by atoms with Crippen LogP contribution in [0.5, 0.6) is 17.2 Å². The Labute approximate surface area is 187 Å². The maximum absolute atomic E-state index is 12.3. The molecule has 1 fully saturated rings. The Morgan fingerprint density at radius 1 is 1.16 bits per heavy atom. The largest absolute Gasteiger partial charge is 0.493 e. The highest BCUT2D eigenvalue weighted by atomic mass is 16.5. The first-order valence-corrected chi connectivity index (χ1v) is 10.3. The molecule has 3 rings (SSSR count). The van der Waals surface area contributed by atoms with Gasteiger partial charge >= 0.3 is 0 Å². The Kier molecular flexibility index (Phi) is 7.86. The van der Waals surface area contributed by atoms with E-state index in [2.05, 4.69) is 26.3 Å². The Bertz CT molecular complexity index is 985. The Morgan fingerprint density at radius 2 is 1.81 bits per heavy atom. The second-order valence-electron chi connectivity index (χ2n) is 7.31. The lowest BCUT2D eigenvalue weighted by molar-refractivity contribution is -0.116. The van der Waals surface area contributed by atoms with Crippen molar-refractivity contribution in [2.75, 3.05) is 45.9 Å². The molecular formula is C23H27N5O4. The van der Waals surface area contributed by atoms with Crippen molar-refractivity contribution < 1.29 is 19.0 Å². The number of nitrogens with zero attached hydrogens (tertiary/aromatic N) is 4. The maximum atomic E-state index is 12.3. The summed E-state index contributed by atoms with van der Waals surface area (Å²) in [5, 5.41) is 12.2. The van der Waals surface area contributed by atoms with Crippen molar-refractivity contribution >= 4 is 17.8 Å². The number of nitrogens with one attached hydrogen (secondary N) is 1. The number of amides is 1. The average molecular weight is 438 g/mol. The number of hydrogen-bond acceptors (Lipinski definition) is 8. The van der Waals surface area contributed by atoms with Gasteiger partial charge in [0.1, 0.15) is 6.07 Å². The minimum absolute atomic E-state index is 0.165. The van der Waals surface area contributed by atoms with Gasteiger partial charge in [0.2, 0.25) is 11.7 Å². The monoisotopic (exact) mass is 437 g/mol. The second-order valence-corrected chi connectivity index (χ2v) is 7.31. The first kappa shape index (κ1) is 22.9. The molecule has 1 aliphatic heterocycles. The summed E-state index contributed by atoms with van der Waals surface area (Å²) in [5.41, 5.74) is 1.11. The SMILES string of the molecule is COc1cc(/C=C/C(=O)NCC2CCN(c3nccnc3C#N)CC2)cc(OC)c1OC. The van der Waals surface area contributed by atoms with Gasteiger partial charge in [-0.2, -0.15) is 5.26 Å². The van der Waals surface area contributed by atoms with Crippen LogP contribution in [0.2, 0.25) is 0 Å². The van der Waals surface area contributed by atoms with E-state index in [1.165, 1.54) is 12.3 Å². The quantitative estimate of drug-likeness (QED) is 0.627. The molecule has 0 atom stereocenters. The zero-order valence-electron chi connectivity index (χ0n) is 18.5. The summed E-state index contributed by atoms with van der Waals surface area (Å²) in [4.78, 5) is 22.8. The number of piperidine rings is 1. The van der Waals surface area contributed by atoms with Gasteiger partial charge in [0.25, 0.3) is 0 Å². The van der Waals surface area contributed by atoms with Gasteiger partial charge < -0.3 is 24.4 Å². The zero-order chi connectivity index (χ0) is 22.9. The molecule has 168 valence electrons. The van der Waals surface area contributed by atoms with E-state index in [1.54, 1.807) is 45.7 Å². The number of ether oxygens (including phenoxy) is 3. The number of aromatic nitrogens is 2. The van der Waals surface area contributed by atoms with Crippen LogP contribution in [0.1, 0.15) is 24.1 Å². The minimum atomic E-state index is -0.165. The topological polar surface area (TPSA) is 110 Å². The zero-order valence-corrected chi connectivity index (χ0v) is 18.5. The lowest BCUT2D eigenvalue weighted by Crippen LogP contribution is -2.39. The molecule has 9 nitrogen and oxygen atoms in total. The standard InChI is InChI=1S/C23H27N5O4/c1-30-19-12-17(13-20(31-2)22(19)32-3)4-5-21(29)27-15-16-6-10-28(11-7-16)23-18(14-24)25-8-9-26-23/h4-5,8-9,12-13,16H,6-7,10-11,15H2,1-3H3,(H,27,29)/b5-4+. The molecule has 1 aliphatic rings. The van der Waals surface area contributed by atoms with E-state index in [0.29, 0.717) is 41.2 Å². The van der Waals surface area contributed by atoms with E-state index in [0.717, 1.165) is 31.5 Å². The van der Waals surface area contributed by atoms with E-state index in [9.17, 15) is 10.1 Å². The van der Waals surface area contributed by atoms with Crippen LogP contribution in [0.4, 0.5) is 5.82 Å². The highest BCUT2D eigenvalue weighted by molar-refractivity contribution is 5.91. The van der Waals surface area contributed by atoms with Gasteiger partial charge in [-0.25, -0.2) is 9.97 Å². The van der Waals surface area contributed by atoms with Gasteiger partial charge in [-0.3, -0.25) is 4.79 Å². The molecule has 9 heteroatoms. The van der Waals surface area contributed by atoms with Gasteiger partial charge in [0.05, 0.1) is 21.3 Å². The summed E-state index contributed by atoms with van der Waals surface area (Å²) in [6.07, 6.45) is 8.13. The van der Waals surface area contributed by atoms with Crippen molar-refractivity contribution in [3.63, 3.8) is 0 Å². The molecular weight excluding hydrogens is 410 g/mol. The van der Waals surface area contributed by atoms with Crippen LogP contribution in [0.15, 0.2) is 30.6 Å². The molecule has 0 bridgehead atoms. The molecule has 1 amide bonds. The Hall–Kier alpha value is -3.80. The lowest BCUT2D eigenvalue weighted by atomic mass is 9.96. The van der Waals surface area contributed by atoms with Crippen LogP contribution >= 0.6 is 0 Å². The molecule has 1 N–H and O–H groups in total. The number of benzene rings is 1. The summed E-state index contributed by atoms with van der Waals surface area (Å²) in [6, 6.07) is 5.65. The summed E-state index contributed by atoms with van der Waals surface area (Å²) in [5.74, 6) is 2.40. The number of methoxy groups -OCH3 is 3. The second kappa shape index (κ2) is 11.0. The maximum Gasteiger partial charge on any atom is 0.244 e. The van der Waals surface area contributed by atoms with Crippen LogP contribution in [0.25, 0.3) is 6.08 Å². The molecule has 0 saturated carbocycles. The van der Waals surface area contributed by atoms with E-state index in [-0.39, 0.29) is 5.91 Å². The smallest absolute Gasteiger partial charge is 0.244 e. The van der Waals surface area contributed by atoms with Gasteiger partial charge in [-0.05, 0) is 42.5 Å². The first-order chi connectivity index (χ1) is 15.6. The molecule has 0 radical (unpaired) electrons. The van der Waals surface area contributed by atoms with Crippen molar-refractivity contribution in [3.05, 3.63) is 41.9 Å². The summed E-state index contributed by atoms with van der Waals surface area (Å²) < 4.78 is 16.0. The number of rotatable bonds is 8. The fourth-order valence-electron chi connectivity index (χ4n) is 3.66. The van der Waals surface area contributed by atoms with E-state index in [4.69, 9.17) is 14.2 Å². The fourth-order valence-corrected chi connectivity index (χ4v) is 3.66. The predicted molar refractivity (Wildman–Crippen MR) is 120 cm³/mol. The number of nitriles is 1. The van der Waals surface area contributed by atoms with Crippen molar-refractivity contribution in [2.45, 2.75) is 12.8 Å². The van der Waals surface area contributed by atoms with Crippen LogP contribution in [0, 0.1) is 17.2 Å². The summed E-state index contributed by atoms with van der Waals surface area (Å²) >= 11 is 0. The highest BCUT2D eigenvalue weighted by Crippen LogP contribution is 2.38. The molecule has 1 aromatic heterocycles. The van der Waals surface area contributed by atoms with Gasteiger partial charge in [-0.1, -0.05) is 0 Å². The molecule has 2 aromatic rings. The average Bonchev–Trinajstić information content (AvgIpc) is 2.85. The number of carbonyl (C=O) groups is 1. The third kappa shape index (κ3) is 5.46. The van der Waals surface area contributed by atoms with E-state index >= 15 is 0 Å². The number of anilines is 1. The van der Waals surface area contributed by atoms with Gasteiger partial charge in [0, 0.05) is 38.1 Å². The highest BCUT2D eigenvalue weighted by Gasteiger charge is 2.22. The van der Waals surface area contributed by atoms with Crippen molar-refractivity contribution in [1.29, 1.82) is 5.26 Å². The number of hydrogen-bond donors (Lipinski definition) is 1. The molecule has 1 aromatic carbocycles. The third-order valence-electron chi connectivity index (χ3n) is 5.38. The number of carbonyl (C=O) groups excluding carboxylic acids is 1.